The third-order valence-electron chi connectivity index (χ3n) is 2.70. The lowest BCUT2D eigenvalue weighted by Crippen LogP contribution is -1.99. The fraction of sp³-hybridized carbons (Fsp3) is 0.583. The van der Waals surface area contributed by atoms with Crippen LogP contribution in [0.4, 0.5) is 0 Å². The number of carbonyl (C=O) groups is 1. The van der Waals surface area contributed by atoms with Crippen molar-refractivity contribution in [2.45, 2.75) is 37.4 Å². The molecule has 0 radical (unpaired) electrons. The number of hydrogen-bond donors (Lipinski definition) is 0. The van der Waals surface area contributed by atoms with Gasteiger partial charge in [0.15, 0.2) is 5.78 Å². The Balaban J connectivity index is 1.59. The highest BCUT2D eigenvalue weighted by Crippen LogP contribution is 2.39. The summed E-state index contributed by atoms with van der Waals surface area (Å²) in [5.74, 6) is 1.63. The summed E-state index contributed by atoms with van der Waals surface area (Å²) in [5.41, 5.74) is 0. The van der Waals surface area contributed by atoms with Crippen LogP contribution in [0.2, 0.25) is 0 Å². The topological polar surface area (TPSA) is 17.1 Å². The predicted octanol–water partition coefficient (Wildman–Crippen LogP) is 4.64. The van der Waals surface area contributed by atoms with Gasteiger partial charge in [0.25, 0.3) is 0 Å². The van der Waals surface area contributed by atoms with Crippen LogP contribution in [-0.4, -0.2) is 16.8 Å². The maximum absolute atomic E-state index is 11.7. The first-order valence-corrected chi connectivity index (χ1v) is 8.97. The van der Waals surface area contributed by atoms with Crippen molar-refractivity contribution in [3.8, 4) is 0 Å². The summed E-state index contributed by atoms with van der Waals surface area (Å²) < 4.78 is 0. The molecule has 0 spiro atoms. The quantitative estimate of drug-likeness (QED) is 0.426. The number of rotatable bonds is 6. The SMILES string of the molecule is O=C(CCCCC1CCSS1)c1cccs1. The number of thiophene rings is 1. The minimum Gasteiger partial charge on any atom is -0.293 e. The molecule has 0 N–H and O–H groups in total. The predicted molar refractivity (Wildman–Crippen MR) is 75.6 cm³/mol. The molecule has 1 unspecified atom stereocenters. The molecular weight excluding hydrogens is 256 g/mol. The summed E-state index contributed by atoms with van der Waals surface area (Å²) in [5, 5.41) is 2.82. The van der Waals surface area contributed by atoms with Gasteiger partial charge in [0.2, 0.25) is 0 Å². The molecule has 16 heavy (non-hydrogen) atoms. The first-order chi connectivity index (χ1) is 7.86. The molecule has 1 aliphatic heterocycles. The van der Waals surface area contributed by atoms with Crippen LogP contribution in [0.15, 0.2) is 17.5 Å². The highest BCUT2D eigenvalue weighted by Gasteiger charge is 2.16. The Kier molecular flexibility index (Phi) is 5.26. The van der Waals surface area contributed by atoms with E-state index in [1.165, 1.54) is 25.0 Å². The highest BCUT2D eigenvalue weighted by atomic mass is 33.1. The Labute approximate surface area is 109 Å². The lowest BCUT2D eigenvalue weighted by molar-refractivity contribution is 0.0983. The van der Waals surface area contributed by atoms with Gasteiger partial charge in [-0.1, -0.05) is 34.1 Å². The van der Waals surface area contributed by atoms with Crippen LogP contribution in [0.3, 0.4) is 0 Å². The van der Waals surface area contributed by atoms with Gasteiger partial charge in [0.05, 0.1) is 4.88 Å². The van der Waals surface area contributed by atoms with E-state index < -0.39 is 0 Å². The zero-order valence-corrected chi connectivity index (χ0v) is 11.6. The molecule has 2 heterocycles. The maximum Gasteiger partial charge on any atom is 0.172 e. The molecule has 0 amide bonds. The molecule has 88 valence electrons. The first kappa shape index (κ1) is 12.5. The second kappa shape index (κ2) is 6.72. The minimum absolute atomic E-state index is 0.323. The van der Waals surface area contributed by atoms with E-state index in [0.29, 0.717) is 5.78 Å². The van der Waals surface area contributed by atoms with E-state index in [9.17, 15) is 4.79 Å². The Morgan fingerprint density at radius 1 is 1.44 bits per heavy atom. The van der Waals surface area contributed by atoms with Crippen LogP contribution in [0.1, 0.15) is 41.8 Å². The fourth-order valence-corrected chi connectivity index (χ4v) is 5.50. The van der Waals surface area contributed by atoms with E-state index in [1.807, 2.05) is 39.1 Å². The van der Waals surface area contributed by atoms with Gasteiger partial charge in [0, 0.05) is 17.4 Å². The number of unbranched alkanes of at least 4 members (excludes halogenated alkanes) is 1. The van der Waals surface area contributed by atoms with E-state index in [4.69, 9.17) is 0 Å². The Bertz CT molecular complexity index is 315. The third kappa shape index (κ3) is 3.82. The van der Waals surface area contributed by atoms with Crippen molar-refractivity contribution in [2.75, 3.05) is 5.75 Å². The number of ketones is 1. The molecule has 0 bridgehead atoms. The standard InChI is InChI=1S/C12H16OS3/c13-11(12-6-3-8-14-12)5-2-1-4-10-7-9-15-16-10/h3,6,8,10H,1-2,4-5,7,9H2. The zero-order chi connectivity index (χ0) is 11.2. The van der Waals surface area contributed by atoms with Gasteiger partial charge in [-0.3, -0.25) is 4.79 Å². The van der Waals surface area contributed by atoms with Crippen LogP contribution < -0.4 is 0 Å². The van der Waals surface area contributed by atoms with Gasteiger partial charge in [-0.05, 0) is 30.7 Å². The van der Waals surface area contributed by atoms with Crippen LogP contribution in [0, 0.1) is 0 Å². The molecule has 1 aliphatic rings. The van der Waals surface area contributed by atoms with Crippen molar-refractivity contribution in [3.05, 3.63) is 22.4 Å². The van der Waals surface area contributed by atoms with Gasteiger partial charge in [-0.15, -0.1) is 11.3 Å². The van der Waals surface area contributed by atoms with E-state index in [2.05, 4.69) is 0 Å². The molecule has 1 nitrogen and oxygen atoms in total. The Morgan fingerprint density at radius 3 is 3.06 bits per heavy atom. The summed E-state index contributed by atoms with van der Waals surface area (Å²) in [6.45, 7) is 0. The molecule has 1 aromatic rings. The van der Waals surface area contributed by atoms with Crippen LogP contribution in [-0.2, 0) is 0 Å². The molecule has 0 aromatic carbocycles. The molecule has 4 heteroatoms. The Morgan fingerprint density at radius 2 is 2.38 bits per heavy atom. The lowest BCUT2D eigenvalue weighted by Gasteiger charge is -2.05. The number of carbonyl (C=O) groups excluding carboxylic acids is 1. The van der Waals surface area contributed by atoms with Gasteiger partial charge in [0.1, 0.15) is 0 Å². The molecule has 1 fully saturated rings. The molecule has 1 aromatic heterocycles. The normalized spacial score (nSPS) is 20.1. The summed E-state index contributed by atoms with van der Waals surface area (Å²) in [6.07, 6.45) is 5.63. The molecule has 0 saturated carbocycles. The molecular formula is C12H16OS3. The van der Waals surface area contributed by atoms with Gasteiger partial charge in [-0.25, -0.2) is 0 Å². The summed E-state index contributed by atoms with van der Waals surface area (Å²) >= 11 is 1.56. The summed E-state index contributed by atoms with van der Waals surface area (Å²) in [6, 6.07) is 3.88. The third-order valence-corrected chi connectivity index (χ3v) is 6.62. The van der Waals surface area contributed by atoms with Crippen molar-refractivity contribution in [2.24, 2.45) is 0 Å². The second-order valence-corrected chi connectivity index (χ2v) is 7.71. The van der Waals surface area contributed by atoms with E-state index in [-0.39, 0.29) is 0 Å². The smallest absolute Gasteiger partial charge is 0.172 e. The average Bonchev–Trinajstić information content (AvgIpc) is 2.96. The van der Waals surface area contributed by atoms with Crippen molar-refractivity contribution < 1.29 is 4.79 Å². The largest absolute Gasteiger partial charge is 0.293 e. The maximum atomic E-state index is 11.7. The Hall–Kier alpha value is 0.0700. The lowest BCUT2D eigenvalue weighted by atomic mass is 10.1. The van der Waals surface area contributed by atoms with Crippen molar-refractivity contribution in [1.29, 1.82) is 0 Å². The van der Waals surface area contributed by atoms with E-state index >= 15 is 0 Å². The van der Waals surface area contributed by atoms with Crippen LogP contribution in [0.25, 0.3) is 0 Å². The molecule has 2 rings (SSSR count). The van der Waals surface area contributed by atoms with Crippen molar-refractivity contribution in [3.63, 3.8) is 0 Å². The summed E-state index contributed by atoms with van der Waals surface area (Å²) in [7, 11) is 4.03. The molecule has 0 aliphatic carbocycles. The fourth-order valence-electron chi connectivity index (χ4n) is 1.78. The van der Waals surface area contributed by atoms with Crippen molar-refractivity contribution in [1.82, 2.24) is 0 Å². The summed E-state index contributed by atoms with van der Waals surface area (Å²) in [4.78, 5) is 12.6. The van der Waals surface area contributed by atoms with Crippen LogP contribution in [0.5, 0.6) is 0 Å². The van der Waals surface area contributed by atoms with Crippen molar-refractivity contribution >= 4 is 38.7 Å². The second-order valence-electron chi connectivity index (χ2n) is 3.98. The zero-order valence-electron chi connectivity index (χ0n) is 9.19. The van der Waals surface area contributed by atoms with Gasteiger partial charge >= 0.3 is 0 Å². The van der Waals surface area contributed by atoms with Gasteiger partial charge < -0.3 is 0 Å². The first-order valence-electron chi connectivity index (χ1n) is 5.71. The number of hydrogen-bond acceptors (Lipinski definition) is 4. The van der Waals surface area contributed by atoms with Crippen LogP contribution >= 0.6 is 32.9 Å². The number of Topliss-reactive ketones (excluding diaryl/α,β-unsaturated/α-hetero) is 1. The molecule has 1 saturated heterocycles. The monoisotopic (exact) mass is 272 g/mol. The molecule has 1 atom stereocenters. The van der Waals surface area contributed by atoms with Gasteiger partial charge in [-0.2, -0.15) is 0 Å². The minimum atomic E-state index is 0.323. The van der Waals surface area contributed by atoms with E-state index in [1.54, 1.807) is 11.3 Å². The average molecular weight is 272 g/mol. The highest BCUT2D eigenvalue weighted by molar-refractivity contribution is 8.77. The van der Waals surface area contributed by atoms with E-state index in [0.717, 1.165) is 23.0 Å².